The first-order valence-electron chi connectivity index (χ1n) is 8.38. The van der Waals surface area contributed by atoms with E-state index in [-0.39, 0.29) is 17.9 Å². The van der Waals surface area contributed by atoms with Crippen molar-refractivity contribution in [3.63, 3.8) is 0 Å². The Morgan fingerprint density at radius 1 is 1.18 bits per heavy atom. The normalized spacial score (nSPS) is 23.2. The van der Waals surface area contributed by atoms with Crippen LogP contribution in [0.5, 0.6) is 0 Å². The fourth-order valence-corrected chi connectivity index (χ4v) is 3.35. The smallest absolute Gasteiger partial charge is 0.292 e. The van der Waals surface area contributed by atoms with Gasteiger partial charge in [-0.2, -0.15) is 0 Å². The van der Waals surface area contributed by atoms with Crippen LogP contribution in [-0.4, -0.2) is 30.9 Å². The Morgan fingerprint density at radius 2 is 1.86 bits per heavy atom. The highest BCUT2D eigenvalue weighted by Crippen LogP contribution is 2.27. The third-order valence-electron chi connectivity index (χ3n) is 4.75. The summed E-state index contributed by atoms with van der Waals surface area (Å²) < 4.78 is 0. The molecule has 1 saturated carbocycles. The molecule has 2 amide bonds. The summed E-state index contributed by atoms with van der Waals surface area (Å²) in [6, 6.07) is 7.45. The van der Waals surface area contributed by atoms with Crippen LogP contribution in [0.2, 0.25) is 0 Å². The molecule has 0 aromatic heterocycles. The predicted octanol–water partition coefficient (Wildman–Crippen LogP) is 1.33. The molecule has 118 valence electrons. The average molecular weight is 301 g/mol. The summed E-state index contributed by atoms with van der Waals surface area (Å²) in [6.07, 6.45) is 3.97. The average Bonchev–Trinajstić information content (AvgIpc) is 3.25. The molecule has 0 spiro atoms. The van der Waals surface area contributed by atoms with Crippen molar-refractivity contribution in [1.82, 2.24) is 0 Å². The minimum atomic E-state index is -0.186. The highest BCUT2D eigenvalue weighted by Gasteiger charge is 2.46. The number of nitrogens with one attached hydrogen (secondary N) is 1. The van der Waals surface area contributed by atoms with E-state index < -0.39 is 0 Å². The van der Waals surface area contributed by atoms with E-state index in [0.717, 1.165) is 31.0 Å². The second-order valence-electron chi connectivity index (χ2n) is 6.72. The van der Waals surface area contributed by atoms with Crippen molar-refractivity contribution in [3.05, 3.63) is 29.8 Å². The zero-order chi connectivity index (χ0) is 15.7. The first kappa shape index (κ1) is 15.2. The number of imide groups is 1. The van der Waals surface area contributed by atoms with Gasteiger partial charge in [0.2, 0.25) is 5.91 Å². The van der Waals surface area contributed by atoms with Gasteiger partial charge in [0.25, 0.3) is 5.91 Å². The molecule has 1 aliphatic carbocycles. The van der Waals surface area contributed by atoms with E-state index in [0.29, 0.717) is 12.1 Å². The third kappa shape index (κ3) is 3.07. The van der Waals surface area contributed by atoms with Gasteiger partial charge in [-0.25, -0.2) is 4.90 Å². The van der Waals surface area contributed by atoms with Crippen molar-refractivity contribution >= 4 is 17.5 Å². The lowest BCUT2D eigenvalue weighted by atomic mass is 10.2. The van der Waals surface area contributed by atoms with Crippen LogP contribution in [0.25, 0.3) is 0 Å². The van der Waals surface area contributed by atoms with E-state index in [4.69, 9.17) is 0 Å². The van der Waals surface area contributed by atoms with E-state index in [1.807, 2.05) is 31.2 Å². The van der Waals surface area contributed by atoms with Gasteiger partial charge in [-0.1, -0.05) is 24.6 Å². The van der Waals surface area contributed by atoms with Crippen LogP contribution in [0.3, 0.4) is 0 Å². The maximum Gasteiger partial charge on any atom is 0.292 e. The molecule has 0 radical (unpaired) electrons. The van der Waals surface area contributed by atoms with Crippen LogP contribution < -0.4 is 9.80 Å². The molecule has 1 heterocycles. The Hall–Kier alpha value is -1.68. The quantitative estimate of drug-likeness (QED) is 0.806. The van der Waals surface area contributed by atoms with Gasteiger partial charge in [0, 0.05) is 5.92 Å². The monoisotopic (exact) mass is 301 g/mol. The molecule has 1 saturated heterocycles. The van der Waals surface area contributed by atoms with Crippen LogP contribution in [0.4, 0.5) is 5.69 Å². The predicted molar refractivity (Wildman–Crippen MR) is 85.8 cm³/mol. The third-order valence-corrected chi connectivity index (χ3v) is 4.75. The molecule has 1 N–H and O–H groups in total. The lowest BCUT2D eigenvalue weighted by Crippen LogP contribution is -3.17. The number of anilines is 1. The summed E-state index contributed by atoms with van der Waals surface area (Å²) in [6.45, 7) is 6.16. The number of rotatable bonds is 6. The van der Waals surface area contributed by atoms with Crippen LogP contribution in [0, 0.1) is 12.8 Å². The second-order valence-corrected chi connectivity index (χ2v) is 6.72. The number of quaternary nitrogens is 1. The van der Waals surface area contributed by atoms with Crippen molar-refractivity contribution in [1.29, 1.82) is 0 Å². The molecule has 2 aliphatic rings. The number of benzene rings is 1. The molecule has 22 heavy (non-hydrogen) atoms. The van der Waals surface area contributed by atoms with Gasteiger partial charge in [0.15, 0.2) is 6.04 Å². The van der Waals surface area contributed by atoms with Gasteiger partial charge in [-0.3, -0.25) is 9.59 Å². The zero-order valence-corrected chi connectivity index (χ0v) is 13.5. The van der Waals surface area contributed by atoms with Crippen LogP contribution >= 0.6 is 0 Å². The number of carbonyl (C=O) groups is 2. The summed E-state index contributed by atoms with van der Waals surface area (Å²) >= 11 is 0. The minimum absolute atomic E-state index is 0.0158. The molecule has 1 aromatic rings. The number of hydrogen-bond acceptors (Lipinski definition) is 2. The van der Waals surface area contributed by atoms with Crippen molar-refractivity contribution in [3.8, 4) is 0 Å². The maximum absolute atomic E-state index is 12.8. The zero-order valence-electron chi connectivity index (χ0n) is 13.5. The van der Waals surface area contributed by atoms with Crippen molar-refractivity contribution in [2.45, 2.75) is 45.6 Å². The summed E-state index contributed by atoms with van der Waals surface area (Å²) in [5, 5.41) is 0. The molecule has 4 nitrogen and oxygen atoms in total. The molecule has 0 bridgehead atoms. The molecular formula is C18H25N2O2+. The molecular weight excluding hydrogens is 276 g/mol. The van der Waals surface area contributed by atoms with Gasteiger partial charge < -0.3 is 4.90 Å². The molecule has 4 heteroatoms. The van der Waals surface area contributed by atoms with Gasteiger partial charge in [0.05, 0.1) is 25.2 Å². The number of aryl methyl sites for hydroxylation is 1. The Kier molecular flexibility index (Phi) is 4.30. The molecule has 1 aliphatic heterocycles. The standard InChI is InChI=1S/C18H24N2O2/c1-3-10-19(12-14-6-7-14)16-11-17(21)20(18(16)22)15-8-4-13(2)5-9-15/h4-5,8-9,14,16H,3,6-7,10-12H2,1-2H3/p+1. The van der Waals surface area contributed by atoms with Crippen molar-refractivity contribution in [2.75, 3.05) is 18.0 Å². The van der Waals surface area contributed by atoms with E-state index in [1.54, 1.807) is 0 Å². The second kappa shape index (κ2) is 6.21. The Balaban J connectivity index is 1.78. The summed E-state index contributed by atoms with van der Waals surface area (Å²) in [5.74, 6) is 0.694. The lowest BCUT2D eigenvalue weighted by Gasteiger charge is -2.24. The van der Waals surface area contributed by atoms with Crippen molar-refractivity contribution in [2.24, 2.45) is 5.92 Å². The highest BCUT2D eigenvalue weighted by atomic mass is 16.2. The van der Waals surface area contributed by atoms with E-state index >= 15 is 0 Å². The minimum Gasteiger partial charge on any atom is -0.324 e. The molecule has 3 rings (SSSR count). The Labute approximate surface area is 132 Å². The summed E-state index contributed by atoms with van der Waals surface area (Å²) in [7, 11) is 0. The summed E-state index contributed by atoms with van der Waals surface area (Å²) in [5.41, 5.74) is 1.84. The number of nitrogens with zero attached hydrogens (tertiary/aromatic N) is 1. The fourth-order valence-electron chi connectivity index (χ4n) is 3.35. The first-order valence-corrected chi connectivity index (χ1v) is 8.38. The number of amides is 2. The topological polar surface area (TPSA) is 41.8 Å². The maximum atomic E-state index is 12.8. The van der Waals surface area contributed by atoms with Crippen LogP contribution in [-0.2, 0) is 9.59 Å². The van der Waals surface area contributed by atoms with Gasteiger partial charge in [-0.15, -0.1) is 0 Å². The molecule has 2 atom stereocenters. The van der Waals surface area contributed by atoms with Crippen LogP contribution in [0.15, 0.2) is 24.3 Å². The molecule has 2 fully saturated rings. The number of hydrogen-bond donors (Lipinski definition) is 1. The molecule has 2 unspecified atom stereocenters. The van der Waals surface area contributed by atoms with E-state index in [9.17, 15) is 9.59 Å². The highest BCUT2D eigenvalue weighted by molar-refractivity contribution is 6.21. The van der Waals surface area contributed by atoms with Crippen LogP contribution in [0.1, 0.15) is 38.2 Å². The van der Waals surface area contributed by atoms with Gasteiger partial charge >= 0.3 is 0 Å². The van der Waals surface area contributed by atoms with Crippen molar-refractivity contribution < 1.29 is 14.5 Å². The Bertz CT molecular complexity index is 563. The largest absolute Gasteiger partial charge is 0.324 e. The molecule has 1 aromatic carbocycles. The summed E-state index contributed by atoms with van der Waals surface area (Å²) in [4.78, 5) is 27.9. The van der Waals surface area contributed by atoms with E-state index in [2.05, 4.69) is 6.92 Å². The number of carbonyl (C=O) groups excluding carboxylic acids is 2. The SMILES string of the molecule is CCC[NH+](CC1CC1)C1CC(=O)N(c2ccc(C)cc2)C1=O. The van der Waals surface area contributed by atoms with Gasteiger partial charge in [0.1, 0.15) is 0 Å². The first-order chi connectivity index (χ1) is 10.6. The Morgan fingerprint density at radius 3 is 2.45 bits per heavy atom. The fraction of sp³-hybridized carbons (Fsp3) is 0.556. The lowest BCUT2D eigenvalue weighted by molar-refractivity contribution is -0.916. The van der Waals surface area contributed by atoms with Gasteiger partial charge in [-0.05, 0) is 38.3 Å². The van der Waals surface area contributed by atoms with E-state index in [1.165, 1.54) is 22.6 Å².